The molecular weight excluding hydrogens is 466 g/mol. The predicted molar refractivity (Wildman–Crippen MR) is 125 cm³/mol. The minimum Gasteiger partial charge on any atom is -0.481 e. The molecule has 2 aliphatic heterocycles. The summed E-state index contributed by atoms with van der Waals surface area (Å²) in [6.07, 6.45) is 0.984. The highest BCUT2D eigenvalue weighted by molar-refractivity contribution is 8.01. The summed E-state index contributed by atoms with van der Waals surface area (Å²) in [5, 5.41) is 28.0. The van der Waals surface area contributed by atoms with Crippen LogP contribution in [-0.2, 0) is 19.2 Å². The third-order valence-electron chi connectivity index (χ3n) is 5.80. The Balaban J connectivity index is 2.31. The molecule has 2 saturated heterocycles. The Morgan fingerprint density at radius 2 is 1.94 bits per heavy atom. The van der Waals surface area contributed by atoms with Gasteiger partial charge in [-0.15, -0.1) is 11.8 Å². The normalized spacial score (nSPS) is 24.2. The van der Waals surface area contributed by atoms with E-state index in [-0.39, 0.29) is 31.8 Å². The van der Waals surface area contributed by atoms with Crippen LogP contribution in [0.15, 0.2) is 0 Å². The number of aliphatic hydroxyl groups is 1. The van der Waals surface area contributed by atoms with Gasteiger partial charge < -0.3 is 26.2 Å². The molecule has 0 spiro atoms. The second-order valence-corrected chi connectivity index (χ2v) is 10.1. The van der Waals surface area contributed by atoms with Crippen LogP contribution in [0, 0.1) is 5.92 Å². The number of fused-ring (bicyclic) bond motifs is 1. The van der Waals surface area contributed by atoms with E-state index in [1.165, 1.54) is 11.8 Å². The van der Waals surface area contributed by atoms with E-state index in [2.05, 4.69) is 21.4 Å². The maximum Gasteiger partial charge on any atom is 0.315 e. The van der Waals surface area contributed by atoms with Crippen LogP contribution in [0.25, 0.3) is 0 Å². The molecule has 191 valence electrons. The predicted octanol–water partition coefficient (Wildman–Crippen LogP) is -0.819. The van der Waals surface area contributed by atoms with Gasteiger partial charge in [0.2, 0.25) is 0 Å². The average Bonchev–Trinajstić information content (AvgIpc) is 3.28. The number of carbonyl (C=O) groups is 5. The fourth-order valence-corrected chi connectivity index (χ4v) is 5.82. The van der Waals surface area contributed by atoms with Gasteiger partial charge in [0.05, 0.1) is 25.2 Å². The first-order valence-corrected chi connectivity index (χ1v) is 12.2. The molecule has 2 aliphatic rings. The van der Waals surface area contributed by atoms with Crippen LogP contribution in [0.2, 0.25) is 0 Å². The number of unbranched alkanes of at least 4 members (excludes halogenated alkanes) is 1. The Morgan fingerprint density at radius 1 is 1.24 bits per heavy atom. The maximum absolute atomic E-state index is 13.7. The number of aliphatic hydroxyl groups excluding tert-OH is 1. The average molecular weight is 501 g/mol. The molecule has 0 aromatic rings. The largest absolute Gasteiger partial charge is 0.481 e. The highest BCUT2D eigenvalue weighted by Gasteiger charge is 2.58. The van der Waals surface area contributed by atoms with Gasteiger partial charge in [-0.2, -0.15) is 0 Å². The first-order valence-electron chi connectivity index (χ1n) is 11.2. The molecule has 0 aliphatic carbocycles. The lowest BCUT2D eigenvalue weighted by Gasteiger charge is -2.37. The third kappa shape index (κ3) is 6.60. The topological polar surface area (TPSA) is 177 Å². The first-order chi connectivity index (χ1) is 16.0. The molecule has 1 radical (unpaired) electrons. The Labute approximate surface area is 202 Å². The molecule has 34 heavy (non-hydrogen) atoms. The summed E-state index contributed by atoms with van der Waals surface area (Å²) in [5.41, 5.74) is 2.57. The number of carboxylic acids is 1. The van der Waals surface area contributed by atoms with E-state index in [1.54, 1.807) is 20.9 Å². The smallest absolute Gasteiger partial charge is 0.315 e. The highest BCUT2D eigenvalue weighted by atomic mass is 32.2. The fourth-order valence-electron chi connectivity index (χ4n) is 4.20. The number of amides is 4. The van der Waals surface area contributed by atoms with Crippen molar-refractivity contribution in [2.45, 2.75) is 68.8 Å². The van der Waals surface area contributed by atoms with Crippen molar-refractivity contribution < 1.29 is 34.2 Å². The number of ketones is 1. The van der Waals surface area contributed by atoms with Crippen molar-refractivity contribution in [1.29, 1.82) is 0 Å². The van der Waals surface area contributed by atoms with Gasteiger partial charge in [0, 0.05) is 18.6 Å². The Bertz CT molecular complexity index is 795. The first kappa shape index (κ1) is 27.9. The van der Waals surface area contributed by atoms with Gasteiger partial charge in [-0.25, -0.2) is 9.80 Å². The molecular formula is C21H34N5O7S. The van der Waals surface area contributed by atoms with E-state index in [0.29, 0.717) is 18.6 Å². The summed E-state index contributed by atoms with van der Waals surface area (Å²) in [6.45, 7) is 2.65. The van der Waals surface area contributed by atoms with E-state index in [1.807, 2.05) is 0 Å². The van der Waals surface area contributed by atoms with E-state index >= 15 is 0 Å². The second-order valence-electron chi connectivity index (χ2n) is 8.79. The van der Waals surface area contributed by atoms with Crippen molar-refractivity contribution >= 4 is 41.4 Å². The van der Waals surface area contributed by atoms with Crippen molar-refractivity contribution in [1.82, 2.24) is 26.4 Å². The van der Waals surface area contributed by atoms with E-state index in [0.717, 1.165) is 10.9 Å². The zero-order valence-electron chi connectivity index (χ0n) is 19.7. The highest BCUT2D eigenvalue weighted by Crippen LogP contribution is 2.44. The zero-order chi connectivity index (χ0) is 25.5. The monoisotopic (exact) mass is 500 g/mol. The van der Waals surface area contributed by atoms with Gasteiger partial charge in [0.15, 0.2) is 5.78 Å². The number of hydrogen-bond acceptors (Lipinski definition) is 8. The Hall–Kier alpha value is -2.38. The fraction of sp³-hybridized carbons (Fsp3) is 0.714. The molecule has 6 N–H and O–H groups in total. The summed E-state index contributed by atoms with van der Waals surface area (Å²) in [6, 6.07) is -2.57. The van der Waals surface area contributed by atoms with Crippen LogP contribution in [-0.4, -0.2) is 93.6 Å². The number of rotatable bonds is 13. The molecule has 4 atom stereocenters. The Morgan fingerprint density at radius 3 is 2.53 bits per heavy atom. The quantitative estimate of drug-likeness (QED) is 0.107. The lowest BCUT2D eigenvalue weighted by atomic mass is 9.88. The summed E-state index contributed by atoms with van der Waals surface area (Å²) in [5.74, 6) is -1.31. The van der Waals surface area contributed by atoms with Crippen LogP contribution < -0.4 is 21.4 Å². The molecule has 2 rings (SSSR count). The maximum atomic E-state index is 13.7. The number of nitrogens with one attached hydrogen (secondary N) is 4. The van der Waals surface area contributed by atoms with E-state index in [4.69, 9.17) is 5.11 Å². The van der Waals surface area contributed by atoms with Crippen molar-refractivity contribution in [3.05, 3.63) is 5.92 Å². The molecule has 4 amide bonds. The van der Waals surface area contributed by atoms with Crippen LogP contribution in [0.5, 0.6) is 0 Å². The number of carboxylic acid groups (broad SMARTS) is 1. The molecule has 2 fully saturated rings. The Kier molecular flexibility index (Phi) is 10.1. The van der Waals surface area contributed by atoms with Gasteiger partial charge >= 0.3 is 12.0 Å². The molecule has 0 unspecified atom stereocenters. The molecule has 0 aromatic heterocycles. The summed E-state index contributed by atoms with van der Waals surface area (Å²) in [7, 11) is 1.54. The van der Waals surface area contributed by atoms with Crippen molar-refractivity contribution in [2.24, 2.45) is 0 Å². The molecule has 12 nitrogen and oxygen atoms in total. The number of nitrogens with zero attached hydrogens (tertiary/aromatic N) is 1. The second kappa shape index (κ2) is 12.4. The van der Waals surface area contributed by atoms with Gasteiger partial charge in [-0.1, -0.05) is 20.3 Å². The summed E-state index contributed by atoms with van der Waals surface area (Å²) in [4.78, 5) is 62.1. The lowest BCUT2D eigenvalue weighted by molar-refractivity contribution is -0.150. The number of Topliss-reactive ketones (excluding diaryl/α,β-unsaturated/α-hetero) is 1. The van der Waals surface area contributed by atoms with Gasteiger partial charge in [-0.3, -0.25) is 24.6 Å². The van der Waals surface area contributed by atoms with Crippen molar-refractivity contribution in [3.8, 4) is 0 Å². The molecule has 13 heteroatoms. The van der Waals surface area contributed by atoms with Crippen molar-refractivity contribution in [3.63, 3.8) is 0 Å². The molecule has 0 bridgehead atoms. The van der Waals surface area contributed by atoms with Crippen LogP contribution >= 0.6 is 11.8 Å². The van der Waals surface area contributed by atoms with Gasteiger partial charge in [0.1, 0.15) is 10.8 Å². The van der Waals surface area contributed by atoms with Crippen LogP contribution in [0.3, 0.4) is 0 Å². The minimum atomic E-state index is -1.28. The number of likely N-dealkylation sites (N-methyl/N-ethyl adjacent to an activating group) is 1. The summed E-state index contributed by atoms with van der Waals surface area (Å²) >= 11 is 1.31. The number of carbonyl (C=O) groups excluding carboxylic acids is 4. The molecule has 2 heterocycles. The standard InChI is InChI=1S/C21H34N5O7S/c1-12(2)8-15(28)14(10-27)26(16(29)9-22-3)25-19(32)21(7-5-4-6-17(30)31)18-13(11-34-21)23-20(33)24-18/h13-14,18,22,27H,4-11H2,1-3H3,(H,25,32)(H,30,31)(H2,23,24,33)/t13-,14-,18-,21-/m0/s1. The van der Waals surface area contributed by atoms with E-state index in [9.17, 15) is 29.1 Å². The van der Waals surface area contributed by atoms with Crippen LogP contribution in [0.1, 0.15) is 46.0 Å². The lowest BCUT2D eigenvalue weighted by Crippen LogP contribution is -2.64. The van der Waals surface area contributed by atoms with Crippen LogP contribution in [0.4, 0.5) is 4.79 Å². The van der Waals surface area contributed by atoms with Crippen molar-refractivity contribution in [2.75, 3.05) is 26.0 Å². The number of aliphatic carboxylic acids is 1. The van der Waals surface area contributed by atoms with E-state index < -0.39 is 53.0 Å². The number of thioether (sulfide) groups is 1. The molecule has 0 aromatic carbocycles. The molecule has 0 saturated carbocycles. The number of hydrogen-bond donors (Lipinski definition) is 6. The minimum absolute atomic E-state index is 0.0319. The third-order valence-corrected chi connectivity index (χ3v) is 7.49. The number of hydrazine groups is 1. The zero-order valence-corrected chi connectivity index (χ0v) is 20.5. The summed E-state index contributed by atoms with van der Waals surface area (Å²) < 4.78 is -1.18. The SMILES string of the molecule is CNCC(=O)N(NC(=O)[C@@]1(CCCCC(=O)O)SC[C@@H]2NC(=O)N[C@@H]21)[C@@H](CO)C(=O)C[C](C)C. The van der Waals surface area contributed by atoms with Gasteiger partial charge in [0.25, 0.3) is 11.8 Å². The number of urea groups is 1. The van der Waals surface area contributed by atoms with Gasteiger partial charge in [-0.05, 0) is 25.8 Å².